The number of amides is 4. The van der Waals surface area contributed by atoms with Gasteiger partial charge in [0.15, 0.2) is 0 Å². The number of ether oxygens (including phenoxy) is 3. The molecular formula is C55H74N8O9. The van der Waals surface area contributed by atoms with E-state index in [0.29, 0.717) is 67.8 Å². The van der Waals surface area contributed by atoms with Crippen molar-refractivity contribution in [3.63, 3.8) is 0 Å². The predicted molar refractivity (Wildman–Crippen MR) is 276 cm³/mol. The Kier molecular flexibility index (Phi) is 16.8. The Bertz CT molecular complexity index is 2690. The predicted octanol–water partition coefficient (Wildman–Crippen LogP) is 5.91. The lowest BCUT2D eigenvalue weighted by molar-refractivity contribution is -0.155. The molecule has 5 atom stereocenters. The maximum Gasteiger partial charge on any atom is 0.324 e. The maximum atomic E-state index is 14.9. The van der Waals surface area contributed by atoms with Crippen molar-refractivity contribution in [2.45, 2.75) is 104 Å². The number of esters is 1. The molecule has 0 unspecified atom stereocenters. The van der Waals surface area contributed by atoms with E-state index in [1.165, 1.54) is 16.0 Å². The number of likely N-dealkylation sites (tertiary alicyclic amines) is 1. The number of cyclic esters (lactones) is 1. The van der Waals surface area contributed by atoms with E-state index in [2.05, 4.69) is 48.2 Å². The van der Waals surface area contributed by atoms with Crippen LogP contribution in [0.4, 0.5) is 0 Å². The molecule has 3 N–H and O–H groups in total. The molecule has 6 bridgehead atoms. The normalized spacial score (nSPS) is 20.4. The number of methoxy groups -OCH3 is 2. The van der Waals surface area contributed by atoms with Crippen LogP contribution < -0.4 is 15.5 Å². The Morgan fingerprint density at radius 3 is 2.50 bits per heavy atom. The van der Waals surface area contributed by atoms with Gasteiger partial charge in [-0.2, -0.15) is 0 Å². The number of hydrazine groups is 1. The van der Waals surface area contributed by atoms with Crippen LogP contribution in [0.15, 0.2) is 60.8 Å². The summed E-state index contributed by atoms with van der Waals surface area (Å²) in [5.74, 6) is -2.35. The highest BCUT2D eigenvalue weighted by Crippen LogP contribution is 2.45. The summed E-state index contributed by atoms with van der Waals surface area (Å²) < 4.78 is 20.4. The lowest BCUT2D eigenvalue weighted by Gasteiger charge is -2.37. The number of aryl methyl sites for hydroxylation is 1. The van der Waals surface area contributed by atoms with Gasteiger partial charge in [-0.25, -0.2) is 5.43 Å². The lowest BCUT2D eigenvalue weighted by atomic mass is 9.84. The minimum Gasteiger partial charge on any atom is -0.508 e. The van der Waals surface area contributed by atoms with Gasteiger partial charge in [0.25, 0.3) is 5.91 Å². The molecule has 7 rings (SSSR count). The van der Waals surface area contributed by atoms with Gasteiger partial charge in [-0.3, -0.25) is 34.0 Å². The highest BCUT2D eigenvalue weighted by molar-refractivity contribution is 5.98. The number of likely N-dealkylation sites (N-methyl/N-ethyl adjacent to an activating group) is 2. The number of phenols is 1. The number of carbonyl (C=O) groups excluding carboxylic acids is 5. The molecule has 4 aromatic rings. The van der Waals surface area contributed by atoms with Crippen molar-refractivity contribution in [2.24, 2.45) is 17.3 Å². The van der Waals surface area contributed by atoms with E-state index in [-0.39, 0.29) is 55.7 Å². The van der Waals surface area contributed by atoms with Crippen molar-refractivity contribution < 1.29 is 43.3 Å². The number of aromatic nitrogens is 2. The van der Waals surface area contributed by atoms with Crippen LogP contribution in [0.25, 0.3) is 33.3 Å². The van der Waals surface area contributed by atoms with Gasteiger partial charge in [0.05, 0.1) is 42.6 Å². The molecule has 2 aromatic carbocycles. The molecule has 17 nitrogen and oxygen atoms in total. The molecule has 0 radical (unpaired) electrons. The third-order valence-electron chi connectivity index (χ3n) is 14.2. The molecule has 17 heteroatoms. The van der Waals surface area contributed by atoms with Crippen LogP contribution in [0.5, 0.6) is 11.5 Å². The molecule has 0 aliphatic carbocycles. The van der Waals surface area contributed by atoms with E-state index in [1.54, 1.807) is 50.6 Å². The van der Waals surface area contributed by atoms with Gasteiger partial charge in [0.1, 0.15) is 29.6 Å². The second-order valence-corrected chi connectivity index (χ2v) is 20.9. The number of nitrogens with zero attached hydrogens (tertiary/aromatic N) is 6. The highest BCUT2D eigenvalue weighted by atomic mass is 16.5. The summed E-state index contributed by atoms with van der Waals surface area (Å²) in [5, 5.41) is 16.8. The number of benzene rings is 2. The molecule has 388 valence electrons. The topological polar surface area (TPSA) is 188 Å². The smallest absolute Gasteiger partial charge is 0.324 e. The molecule has 2 saturated heterocycles. The molecule has 2 aromatic heterocycles. The van der Waals surface area contributed by atoms with E-state index >= 15 is 0 Å². The summed E-state index contributed by atoms with van der Waals surface area (Å²) in [6.07, 6.45) is 6.59. The molecule has 0 spiro atoms. The van der Waals surface area contributed by atoms with Gasteiger partial charge in [-0.15, -0.1) is 0 Å². The van der Waals surface area contributed by atoms with Gasteiger partial charge >= 0.3 is 5.97 Å². The summed E-state index contributed by atoms with van der Waals surface area (Å²) in [6, 6.07) is 10.2. The van der Waals surface area contributed by atoms with Gasteiger partial charge < -0.3 is 43.9 Å². The van der Waals surface area contributed by atoms with Crippen LogP contribution in [0.3, 0.4) is 0 Å². The first-order valence-corrected chi connectivity index (χ1v) is 25.2. The third-order valence-corrected chi connectivity index (χ3v) is 14.2. The summed E-state index contributed by atoms with van der Waals surface area (Å²) >= 11 is 0. The van der Waals surface area contributed by atoms with E-state index in [9.17, 15) is 29.1 Å². The summed E-state index contributed by atoms with van der Waals surface area (Å²) in [4.78, 5) is 80.6. The van der Waals surface area contributed by atoms with Crippen molar-refractivity contribution in [3.05, 3.63) is 77.6 Å². The summed E-state index contributed by atoms with van der Waals surface area (Å²) in [6.45, 7) is 14.1. The minimum atomic E-state index is -1.20. The molecule has 4 amide bonds. The van der Waals surface area contributed by atoms with E-state index in [1.807, 2.05) is 58.0 Å². The van der Waals surface area contributed by atoms with E-state index < -0.39 is 47.2 Å². The Morgan fingerprint density at radius 2 is 1.81 bits per heavy atom. The van der Waals surface area contributed by atoms with Crippen molar-refractivity contribution in [3.8, 4) is 33.9 Å². The first-order valence-electron chi connectivity index (χ1n) is 25.2. The number of aromatic hydroxyl groups is 1. The Balaban J connectivity index is 1.30. The van der Waals surface area contributed by atoms with E-state index in [0.717, 1.165) is 33.4 Å². The highest BCUT2D eigenvalue weighted by Gasteiger charge is 2.40. The zero-order chi connectivity index (χ0) is 52.2. The Hall–Kier alpha value is -6.30. The summed E-state index contributed by atoms with van der Waals surface area (Å²) in [5.41, 5.74) is 8.99. The largest absolute Gasteiger partial charge is 0.508 e. The van der Waals surface area contributed by atoms with Gasteiger partial charge in [0.2, 0.25) is 17.7 Å². The number of fused-ring (bicyclic) bond motifs is 6. The molecule has 0 saturated carbocycles. The second-order valence-electron chi connectivity index (χ2n) is 20.9. The first kappa shape index (κ1) is 53.5. The number of pyridine rings is 1. The van der Waals surface area contributed by atoms with Crippen LogP contribution in [0, 0.1) is 17.3 Å². The monoisotopic (exact) mass is 991 g/mol. The molecule has 72 heavy (non-hydrogen) atoms. The Morgan fingerprint density at radius 1 is 1.04 bits per heavy atom. The number of phenolic OH excluding ortho intramolecular Hbond substituents is 1. The van der Waals surface area contributed by atoms with Gasteiger partial charge in [0, 0.05) is 93.6 Å². The standard InChI is InChI=1S/C55H74N8O9/c1-12-62-45-29-46(71-11)40-28-41(45)42(50(62)39-16-13-20-56-48(39)34(4)70-10)30-55(5,6)32-72-54(69)43-17-14-22-63(58-43)53(68)44(26-35-24-37(40)27-38(64)25-35)57-51(66)49(33(2)3)60(9)52(67)36-19-23-61(31-36)47(65)18-15-21-59(7)8/h13,15-16,18,20,24-25,27-29,33-34,36,43-44,49,58,64H,12,14,17,19,21-23,26,30-32H2,1-11H3,(H,57,66)/b18-15+/t34-,36-,43-,44-,49-/m0/s1. The molecule has 5 heterocycles. The maximum absolute atomic E-state index is 14.9. The first-order chi connectivity index (χ1) is 34.2. The summed E-state index contributed by atoms with van der Waals surface area (Å²) in [7, 11) is 8.69. The number of carbonyl (C=O) groups is 5. The lowest BCUT2D eigenvalue weighted by Crippen LogP contribution is -2.62. The van der Waals surface area contributed by atoms with E-state index in [4.69, 9.17) is 19.2 Å². The second kappa shape index (κ2) is 22.6. The average Bonchev–Trinajstić information content (AvgIpc) is 3.96. The van der Waals surface area contributed by atoms with Crippen LogP contribution in [-0.2, 0) is 52.8 Å². The quantitative estimate of drug-likeness (QED) is 0.106. The fourth-order valence-corrected chi connectivity index (χ4v) is 10.5. The van der Waals surface area contributed by atoms with Gasteiger partial charge in [-0.1, -0.05) is 39.8 Å². The van der Waals surface area contributed by atoms with Crippen molar-refractivity contribution in [1.82, 2.24) is 40.0 Å². The Labute approximate surface area is 423 Å². The van der Waals surface area contributed by atoms with Crippen molar-refractivity contribution in [1.29, 1.82) is 0 Å². The number of hydrogen-bond donors (Lipinski definition) is 3. The number of hydrogen-bond acceptors (Lipinski definition) is 12. The van der Waals surface area contributed by atoms with Crippen LogP contribution in [0.2, 0.25) is 0 Å². The fraction of sp³-hybridized carbons (Fsp3) is 0.527. The molecule has 2 fully saturated rings. The molecule has 3 aliphatic rings. The van der Waals surface area contributed by atoms with Crippen LogP contribution in [-0.4, -0.2) is 150 Å². The molecular weight excluding hydrogens is 917 g/mol. The fourth-order valence-electron chi connectivity index (χ4n) is 10.5. The molecule has 3 aliphatic heterocycles. The zero-order valence-electron chi connectivity index (χ0n) is 43.9. The average molecular weight is 991 g/mol. The third kappa shape index (κ3) is 11.6. The minimum absolute atomic E-state index is 0.0510. The number of nitrogens with one attached hydrogen (secondary N) is 2. The number of rotatable bonds is 13. The van der Waals surface area contributed by atoms with Gasteiger partial charge in [-0.05, 0) is 107 Å². The zero-order valence-corrected chi connectivity index (χ0v) is 43.9. The van der Waals surface area contributed by atoms with Crippen LogP contribution >= 0.6 is 0 Å². The van der Waals surface area contributed by atoms with Crippen molar-refractivity contribution >= 4 is 40.5 Å². The SMILES string of the molecule is CCn1c(-c2cccnc2[C@H](C)OC)c2c3cc(c(OC)cc31)-c1cc(O)cc(c1)C[C@H](NC(=O)[C@H](C(C)C)N(C)C(=O)[C@H]1CCN(C(=O)/C=C/CN(C)C)C1)C(=O)N1CCC[C@H](N1)C(=O)OCC(C)(C)C2. The van der Waals surface area contributed by atoms with Crippen LogP contribution in [0.1, 0.15) is 83.7 Å². The van der Waals surface area contributed by atoms with Crippen molar-refractivity contribution in [2.75, 3.05) is 68.1 Å².